The van der Waals surface area contributed by atoms with Gasteiger partial charge in [-0.1, -0.05) is 39.4 Å². The van der Waals surface area contributed by atoms with Crippen molar-refractivity contribution in [3.63, 3.8) is 0 Å². The molecule has 1 unspecified atom stereocenters. The maximum absolute atomic E-state index is 11.7. The van der Waals surface area contributed by atoms with Gasteiger partial charge in [-0.2, -0.15) is 0 Å². The van der Waals surface area contributed by atoms with Crippen molar-refractivity contribution in [2.45, 2.75) is 0 Å². The molecule has 3 aromatic rings. The number of benzene rings is 3. The second-order valence-corrected chi connectivity index (χ2v) is 17.5. The van der Waals surface area contributed by atoms with Crippen molar-refractivity contribution < 1.29 is 23.5 Å². The molecule has 0 radical (unpaired) electrons. The smallest absolute Gasteiger partial charge is 0.321 e. The fourth-order valence-corrected chi connectivity index (χ4v) is 6.72. The summed E-state index contributed by atoms with van der Waals surface area (Å²) in [7, 11) is -4.89. The molecule has 2 N–H and O–H groups in total. The quantitative estimate of drug-likeness (QED) is 0.0911. The van der Waals surface area contributed by atoms with E-state index in [0.29, 0.717) is 26.3 Å². The molecule has 1 atom stereocenters. The van der Waals surface area contributed by atoms with E-state index in [9.17, 15) is 29.4 Å². The molecule has 0 aliphatic carbocycles. The minimum atomic E-state index is -2.46. The first-order chi connectivity index (χ1) is 18.3. The Morgan fingerprint density at radius 2 is 1.10 bits per heavy atom. The molecule has 17 heteroatoms. The maximum Gasteiger partial charge on any atom is 0.321 e. The van der Waals surface area contributed by atoms with E-state index >= 15 is 0 Å². The van der Waals surface area contributed by atoms with Gasteiger partial charge in [0.2, 0.25) is 0 Å². The van der Waals surface area contributed by atoms with Gasteiger partial charge in [-0.15, -0.1) is 0 Å². The van der Waals surface area contributed by atoms with Crippen LogP contribution in [0.4, 0.5) is 17.1 Å². The summed E-state index contributed by atoms with van der Waals surface area (Å²) < 4.78 is 33.1. The normalized spacial score (nSPS) is 10.6. The first-order valence-corrected chi connectivity index (χ1v) is 19.6. The van der Waals surface area contributed by atoms with Gasteiger partial charge in [0.25, 0.3) is 11.4 Å². The van der Waals surface area contributed by atoms with Gasteiger partial charge in [-0.05, 0) is 79.6 Å². The van der Waals surface area contributed by atoms with Gasteiger partial charge in [0.1, 0.15) is 20.9 Å². The number of halogens is 4. The predicted molar refractivity (Wildman–Crippen MR) is 178 cm³/mol. The average Bonchev–Trinajstić information content (AvgIpc) is 2.80. The minimum Gasteiger partial charge on any atom is -0.399 e. The molecule has 0 fully saturated rings. The van der Waals surface area contributed by atoms with Crippen LogP contribution in [0, 0.1) is 23.8 Å². The highest BCUT2D eigenvalue weighted by Crippen LogP contribution is 2.39. The van der Waals surface area contributed by atoms with Crippen molar-refractivity contribution in [1.82, 2.24) is 0 Å². The summed E-state index contributed by atoms with van der Waals surface area (Å²) in [5.74, 6) is 0. The van der Waals surface area contributed by atoms with E-state index in [-0.39, 0.29) is 24.9 Å². The lowest BCUT2D eigenvalue weighted by Gasteiger charge is -2.08. The summed E-state index contributed by atoms with van der Waals surface area (Å²) in [6.07, 6.45) is 0. The monoisotopic (exact) mass is 782 g/mol. The highest BCUT2D eigenvalue weighted by atomic mass is 127. The number of anilines is 1. The van der Waals surface area contributed by atoms with Gasteiger partial charge in [-0.25, -0.2) is 0 Å². The Morgan fingerprint density at radius 3 is 1.43 bits per heavy atom. The third-order valence-electron chi connectivity index (χ3n) is 4.39. The van der Waals surface area contributed by atoms with Crippen LogP contribution in [-0.2, 0) is 13.7 Å². The van der Waals surface area contributed by atoms with E-state index in [1.54, 1.807) is 57.6 Å². The number of hydrogen-bond acceptors (Lipinski definition) is 8. The summed E-state index contributed by atoms with van der Waals surface area (Å²) in [5, 5.41) is 22.9. The van der Waals surface area contributed by atoms with E-state index < -0.39 is 24.1 Å². The SMILES string of the molecule is CP(C)(=O)c1ccc(N)cc1Cl.CP(C)(=O)c1ccc([N+](=O)[O-])cc1Cl.C[PH+]=O.O=[N+]([O-])c1ccc(I)c(Cl)c1. The Morgan fingerprint density at radius 1 is 0.750 bits per heavy atom. The van der Waals surface area contributed by atoms with Crippen molar-refractivity contribution in [2.24, 2.45) is 0 Å². The standard InChI is InChI=1S/C8H9ClNO3P.C8H11ClNOP.C6H3ClINO2.CH3OP/c1-14(2,13)8-4-3-6(10(11)12)5-7(8)9;1-12(2,11)8-4-3-6(10)5-7(8)9;7-5-3-4(9(10)11)1-2-6(5)8;1-3-2/h3-5H,1-2H3;3-5H,10H2,1-2H3;1-3H;1H3/p+1. The molecule has 0 aromatic heterocycles. The molecule has 3 rings (SSSR count). The number of non-ortho nitro benzene ring substituents is 2. The largest absolute Gasteiger partial charge is 0.399 e. The first-order valence-electron chi connectivity index (χ1n) is 10.7. The fourth-order valence-electron chi connectivity index (χ4n) is 2.60. The lowest BCUT2D eigenvalue weighted by molar-refractivity contribution is -0.385. The number of nitrogens with zero attached hydrogens (tertiary/aromatic N) is 2. The molecule has 0 saturated heterocycles. The van der Waals surface area contributed by atoms with E-state index in [0.717, 1.165) is 3.57 Å². The fraction of sp³-hybridized carbons (Fsp3) is 0.217. The van der Waals surface area contributed by atoms with Crippen molar-refractivity contribution in [1.29, 1.82) is 0 Å². The third kappa shape index (κ3) is 13.9. The van der Waals surface area contributed by atoms with Crippen LogP contribution in [0.2, 0.25) is 15.1 Å². The molecular weight excluding hydrogens is 756 g/mol. The van der Waals surface area contributed by atoms with E-state index in [1.165, 1.54) is 30.3 Å². The number of rotatable bonds is 4. The van der Waals surface area contributed by atoms with Crippen molar-refractivity contribution in [2.75, 3.05) is 39.1 Å². The molecule has 10 nitrogen and oxygen atoms in total. The zero-order chi connectivity index (χ0) is 31.4. The Labute approximate surface area is 262 Å². The summed E-state index contributed by atoms with van der Waals surface area (Å²) in [5.41, 5.74) is 6.02. The molecule has 0 amide bonds. The first kappa shape index (κ1) is 38.4. The number of nitrogens with two attached hydrogens (primary N) is 1. The molecule has 0 saturated carbocycles. The third-order valence-corrected chi connectivity index (χ3v) is 9.95. The summed E-state index contributed by atoms with van der Waals surface area (Å²) in [6.45, 7) is 8.11. The van der Waals surface area contributed by atoms with Crippen LogP contribution in [0.1, 0.15) is 0 Å². The maximum atomic E-state index is 11.7. The van der Waals surface area contributed by atoms with Gasteiger partial charge in [-0.3, -0.25) is 20.2 Å². The van der Waals surface area contributed by atoms with Crippen molar-refractivity contribution >= 4 is 108 Å². The van der Waals surface area contributed by atoms with Crippen LogP contribution < -0.4 is 16.3 Å². The number of hydrogen-bond donors (Lipinski definition) is 1. The number of nitrogen functional groups attached to an aromatic ring is 1. The van der Waals surface area contributed by atoms with E-state index in [1.807, 2.05) is 22.6 Å². The van der Waals surface area contributed by atoms with Crippen LogP contribution in [0.25, 0.3) is 0 Å². The predicted octanol–water partition coefficient (Wildman–Crippen LogP) is 8.16. The minimum absolute atomic E-state index is 0.0235. The van der Waals surface area contributed by atoms with Gasteiger partial charge >= 0.3 is 8.46 Å². The molecule has 0 aliphatic heterocycles. The Hall–Kier alpha value is -1.58. The molecule has 218 valence electrons. The summed E-state index contributed by atoms with van der Waals surface area (Å²) in [6, 6.07) is 13.4. The Kier molecular flexibility index (Phi) is 16.7. The molecular formula is C23H27Cl3IN3O7P3+. The molecule has 0 aliphatic rings. The lowest BCUT2D eigenvalue weighted by Crippen LogP contribution is -2.05. The van der Waals surface area contributed by atoms with E-state index in [2.05, 4.69) is 0 Å². The molecule has 0 heterocycles. The van der Waals surface area contributed by atoms with Gasteiger partial charge < -0.3 is 14.9 Å². The van der Waals surface area contributed by atoms with Gasteiger partial charge in [0, 0.05) is 44.1 Å². The summed E-state index contributed by atoms with van der Waals surface area (Å²) in [4.78, 5) is 19.6. The van der Waals surface area contributed by atoms with Crippen LogP contribution in [0.5, 0.6) is 0 Å². The highest BCUT2D eigenvalue weighted by Gasteiger charge is 2.18. The Balaban J connectivity index is 0.000000546. The van der Waals surface area contributed by atoms with E-state index in [4.69, 9.17) is 45.1 Å². The van der Waals surface area contributed by atoms with Crippen LogP contribution in [-0.4, -0.2) is 43.2 Å². The molecule has 3 aromatic carbocycles. The Bertz CT molecular complexity index is 1470. The highest BCUT2D eigenvalue weighted by molar-refractivity contribution is 14.1. The number of nitro groups is 2. The lowest BCUT2D eigenvalue weighted by atomic mass is 10.3. The van der Waals surface area contributed by atoms with Crippen LogP contribution in [0.15, 0.2) is 54.6 Å². The zero-order valence-electron chi connectivity index (χ0n) is 21.9. The topological polar surface area (TPSA) is 164 Å². The summed E-state index contributed by atoms with van der Waals surface area (Å²) >= 11 is 19.3. The zero-order valence-corrected chi connectivity index (χ0v) is 29.1. The van der Waals surface area contributed by atoms with Crippen molar-refractivity contribution in [3.05, 3.63) is 93.5 Å². The molecule has 0 bridgehead atoms. The molecule has 40 heavy (non-hydrogen) atoms. The second kappa shape index (κ2) is 17.4. The second-order valence-electron chi connectivity index (χ2n) is 8.37. The van der Waals surface area contributed by atoms with Gasteiger partial charge in [0.15, 0.2) is 0 Å². The van der Waals surface area contributed by atoms with Gasteiger partial charge in [0.05, 0.1) is 24.9 Å². The van der Waals surface area contributed by atoms with Crippen molar-refractivity contribution in [3.8, 4) is 0 Å². The number of nitro benzene ring substituents is 2. The van der Waals surface area contributed by atoms with Crippen LogP contribution >= 0.6 is 80.1 Å². The average molecular weight is 784 g/mol. The van der Waals surface area contributed by atoms with Crippen LogP contribution in [0.3, 0.4) is 0 Å². The molecule has 0 spiro atoms.